The molecule has 2 aromatic rings. The van der Waals surface area contributed by atoms with Crippen LogP contribution in [0.15, 0.2) is 29.4 Å². The Balaban J connectivity index is 1.86. The molecule has 0 atom stereocenters. The quantitative estimate of drug-likeness (QED) is 0.556. The largest absolute Gasteiger partial charge is 0.378 e. The van der Waals surface area contributed by atoms with Crippen LogP contribution in [-0.2, 0) is 9.53 Å². The number of thioether (sulfide) groups is 1. The highest BCUT2D eigenvalue weighted by molar-refractivity contribution is 7.99. The molecule has 3 rings (SSSR count). The second-order valence-corrected chi connectivity index (χ2v) is 6.91. The predicted molar refractivity (Wildman–Crippen MR) is 95.0 cm³/mol. The number of Topliss-reactive ketones (excluding diaryl/α,β-unsaturated/α-hetero) is 1. The fourth-order valence-electron chi connectivity index (χ4n) is 2.65. The average Bonchev–Trinajstić information content (AvgIpc) is 3.03. The number of ether oxygens (including phenoxy) is 1. The van der Waals surface area contributed by atoms with Crippen molar-refractivity contribution in [3.8, 4) is 5.69 Å². The predicted octanol–water partition coefficient (Wildman–Crippen LogP) is 2.70. The van der Waals surface area contributed by atoms with Gasteiger partial charge in [0.05, 0.1) is 18.9 Å². The van der Waals surface area contributed by atoms with Gasteiger partial charge in [0.25, 0.3) is 0 Å². The molecule has 6 nitrogen and oxygen atoms in total. The molecular formula is C17H21FN4O2S. The van der Waals surface area contributed by atoms with Crippen LogP contribution in [0, 0.1) is 5.82 Å². The lowest BCUT2D eigenvalue weighted by molar-refractivity contribution is -0.117. The minimum absolute atomic E-state index is 0.182. The number of hydrogen-bond donors (Lipinski definition) is 0. The first-order valence-corrected chi connectivity index (χ1v) is 9.30. The smallest absolute Gasteiger partial charge is 0.232 e. The van der Waals surface area contributed by atoms with Crippen molar-refractivity contribution in [1.29, 1.82) is 0 Å². The van der Waals surface area contributed by atoms with E-state index in [9.17, 15) is 9.18 Å². The van der Waals surface area contributed by atoms with E-state index in [-0.39, 0.29) is 11.6 Å². The molecule has 0 bridgehead atoms. The Morgan fingerprint density at radius 1 is 1.32 bits per heavy atom. The summed E-state index contributed by atoms with van der Waals surface area (Å²) in [4.78, 5) is 13.2. The Labute approximate surface area is 150 Å². The molecule has 0 amide bonds. The summed E-state index contributed by atoms with van der Waals surface area (Å²) in [5.74, 6) is 1.34. The van der Waals surface area contributed by atoms with Crippen molar-refractivity contribution >= 4 is 23.5 Å². The monoisotopic (exact) mass is 364 g/mol. The van der Waals surface area contributed by atoms with Crippen LogP contribution in [0.25, 0.3) is 5.69 Å². The van der Waals surface area contributed by atoms with Gasteiger partial charge in [-0.05, 0) is 31.5 Å². The van der Waals surface area contributed by atoms with Gasteiger partial charge in [-0.2, -0.15) is 0 Å². The number of carbonyl (C=O) groups is 1. The number of aromatic nitrogens is 3. The zero-order valence-corrected chi connectivity index (χ0v) is 15.0. The van der Waals surface area contributed by atoms with Crippen molar-refractivity contribution in [2.75, 3.05) is 37.0 Å². The fourth-order valence-corrected chi connectivity index (χ4v) is 3.54. The SMILES string of the molecule is CC(=O)CCCSc1nnc(N2CCOCC2)n1-c1cccc(F)c1. The molecular weight excluding hydrogens is 343 g/mol. The molecule has 1 fully saturated rings. The molecule has 0 aliphatic carbocycles. The highest BCUT2D eigenvalue weighted by Crippen LogP contribution is 2.28. The Kier molecular flexibility index (Phi) is 6.04. The van der Waals surface area contributed by atoms with Crippen LogP contribution < -0.4 is 4.90 Å². The number of carbonyl (C=O) groups excluding carboxylic acids is 1. The number of nitrogens with zero attached hydrogens (tertiary/aromatic N) is 4. The van der Waals surface area contributed by atoms with Gasteiger partial charge in [-0.3, -0.25) is 4.57 Å². The zero-order valence-electron chi connectivity index (χ0n) is 14.2. The lowest BCUT2D eigenvalue weighted by atomic mass is 10.3. The summed E-state index contributed by atoms with van der Waals surface area (Å²) >= 11 is 1.53. The van der Waals surface area contributed by atoms with Crippen LogP contribution in [0.1, 0.15) is 19.8 Å². The van der Waals surface area contributed by atoms with Crippen LogP contribution in [-0.4, -0.2) is 52.6 Å². The molecule has 1 saturated heterocycles. The highest BCUT2D eigenvalue weighted by Gasteiger charge is 2.21. The van der Waals surface area contributed by atoms with Gasteiger partial charge < -0.3 is 14.4 Å². The molecule has 8 heteroatoms. The Bertz CT molecular complexity index is 731. The number of ketones is 1. The average molecular weight is 364 g/mol. The van der Waals surface area contributed by atoms with Crippen LogP contribution in [0.4, 0.5) is 10.3 Å². The summed E-state index contributed by atoms with van der Waals surface area (Å²) in [5.41, 5.74) is 0.695. The second kappa shape index (κ2) is 8.44. The summed E-state index contributed by atoms with van der Waals surface area (Å²) in [5, 5.41) is 9.34. The van der Waals surface area contributed by atoms with Gasteiger partial charge in [-0.15, -0.1) is 10.2 Å². The maximum Gasteiger partial charge on any atom is 0.232 e. The minimum atomic E-state index is -0.299. The van der Waals surface area contributed by atoms with Crippen molar-refractivity contribution in [1.82, 2.24) is 14.8 Å². The summed E-state index contributed by atoms with van der Waals surface area (Å²) in [6.45, 7) is 4.32. The maximum absolute atomic E-state index is 13.7. The van der Waals surface area contributed by atoms with Crippen molar-refractivity contribution < 1.29 is 13.9 Å². The van der Waals surface area contributed by atoms with Crippen molar-refractivity contribution in [3.05, 3.63) is 30.1 Å². The van der Waals surface area contributed by atoms with E-state index in [0.717, 1.165) is 25.3 Å². The van der Waals surface area contributed by atoms with Crippen LogP contribution >= 0.6 is 11.8 Å². The molecule has 0 radical (unpaired) electrons. The first-order chi connectivity index (χ1) is 12.1. The maximum atomic E-state index is 13.7. The number of rotatable bonds is 7. The third kappa shape index (κ3) is 4.58. The topological polar surface area (TPSA) is 60.3 Å². The number of morpholine rings is 1. The molecule has 134 valence electrons. The standard InChI is InChI=1S/C17H21FN4O2S/c1-13(23)4-3-11-25-17-20-19-16(21-7-9-24-10-8-21)22(17)15-6-2-5-14(18)12-15/h2,5-6,12H,3-4,7-11H2,1H3. The number of benzene rings is 1. The van der Waals surface area contributed by atoms with Gasteiger partial charge in [0.2, 0.25) is 5.95 Å². The second-order valence-electron chi connectivity index (χ2n) is 5.85. The third-order valence-electron chi connectivity index (χ3n) is 3.88. The van der Waals surface area contributed by atoms with Crippen LogP contribution in [0.3, 0.4) is 0 Å². The number of halogens is 1. The van der Waals surface area contributed by atoms with E-state index in [1.807, 2.05) is 10.6 Å². The van der Waals surface area contributed by atoms with Crippen molar-refractivity contribution in [2.45, 2.75) is 24.9 Å². The van der Waals surface area contributed by atoms with Gasteiger partial charge in [-0.1, -0.05) is 17.8 Å². The van der Waals surface area contributed by atoms with E-state index in [2.05, 4.69) is 15.1 Å². The first kappa shape index (κ1) is 17.9. The minimum Gasteiger partial charge on any atom is -0.378 e. The molecule has 0 N–H and O–H groups in total. The Morgan fingerprint density at radius 3 is 2.84 bits per heavy atom. The molecule has 0 saturated carbocycles. The molecule has 0 spiro atoms. The van der Waals surface area contributed by atoms with Gasteiger partial charge in [-0.25, -0.2) is 4.39 Å². The van der Waals surface area contributed by atoms with E-state index >= 15 is 0 Å². The number of anilines is 1. The normalized spacial score (nSPS) is 14.7. The van der Waals surface area contributed by atoms with Gasteiger partial charge in [0, 0.05) is 25.3 Å². The first-order valence-electron chi connectivity index (χ1n) is 8.31. The Hall–Kier alpha value is -1.93. The summed E-state index contributed by atoms with van der Waals surface area (Å²) in [7, 11) is 0. The molecule has 1 aromatic heterocycles. The zero-order chi connectivity index (χ0) is 17.6. The summed E-state index contributed by atoms with van der Waals surface area (Å²) in [6.07, 6.45) is 1.33. The molecule has 0 unspecified atom stereocenters. The summed E-state index contributed by atoms with van der Waals surface area (Å²) < 4.78 is 21.0. The lowest BCUT2D eigenvalue weighted by Crippen LogP contribution is -2.37. The van der Waals surface area contributed by atoms with E-state index in [4.69, 9.17) is 4.74 Å². The van der Waals surface area contributed by atoms with Crippen molar-refractivity contribution in [2.24, 2.45) is 0 Å². The molecule has 1 aliphatic heterocycles. The molecule has 25 heavy (non-hydrogen) atoms. The van der Waals surface area contributed by atoms with E-state index in [1.165, 1.54) is 23.9 Å². The highest BCUT2D eigenvalue weighted by atomic mass is 32.2. The van der Waals surface area contributed by atoms with Crippen LogP contribution in [0.2, 0.25) is 0 Å². The van der Waals surface area contributed by atoms with Gasteiger partial charge in [0.1, 0.15) is 11.6 Å². The number of hydrogen-bond acceptors (Lipinski definition) is 6. The van der Waals surface area contributed by atoms with E-state index in [0.29, 0.717) is 36.4 Å². The third-order valence-corrected chi connectivity index (χ3v) is 4.90. The van der Waals surface area contributed by atoms with Gasteiger partial charge >= 0.3 is 0 Å². The Morgan fingerprint density at radius 2 is 2.12 bits per heavy atom. The summed E-state index contributed by atoms with van der Waals surface area (Å²) in [6, 6.07) is 6.42. The van der Waals surface area contributed by atoms with E-state index in [1.54, 1.807) is 13.0 Å². The van der Waals surface area contributed by atoms with Gasteiger partial charge in [0.15, 0.2) is 5.16 Å². The lowest BCUT2D eigenvalue weighted by Gasteiger charge is -2.27. The molecule has 1 aromatic carbocycles. The van der Waals surface area contributed by atoms with Crippen molar-refractivity contribution in [3.63, 3.8) is 0 Å². The molecule has 1 aliphatic rings. The fraction of sp³-hybridized carbons (Fsp3) is 0.471. The molecule has 2 heterocycles. The van der Waals surface area contributed by atoms with E-state index < -0.39 is 0 Å². The van der Waals surface area contributed by atoms with Crippen LogP contribution in [0.5, 0.6) is 0 Å².